The molecule has 0 saturated carbocycles. The predicted octanol–water partition coefficient (Wildman–Crippen LogP) is 4.73. The fourth-order valence-electron chi connectivity index (χ4n) is 2.73. The average molecular weight is 489 g/mol. The summed E-state index contributed by atoms with van der Waals surface area (Å²) in [6, 6.07) is 14.5. The van der Waals surface area contributed by atoms with Crippen LogP contribution in [0.25, 0.3) is 0 Å². The summed E-state index contributed by atoms with van der Waals surface area (Å²) in [6.45, 7) is 0.131. The molecule has 0 spiro atoms. The number of carbonyl (C=O) groups excluding carboxylic acids is 2. The van der Waals surface area contributed by atoms with E-state index in [0.29, 0.717) is 15.6 Å². The van der Waals surface area contributed by atoms with Gasteiger partial charge in [-0.1, -0.05) is 52.6 Å². The molecule has 170 valence electrons. The minimum absolute atomic E-state index is 0.00597. The van der Waals surface area contributed by atoms with Gasteiger partial charge in [0.25, 0.3) is 5.91 Å². The van der Waals surface area contributed by atoms with Gasteiger partial charge < -0.3 is 19.3 Å². The molecule has 10 heteroatoms. The zero-order valence-electron chi connectivity index (χ0n) is 17.3. The number of amides is 1. The Morgan fingerprint density at radius 1 is 1.09 bits per heavy atom. The van der Waals surface area contributed by atoms with Gasteiger partial charge >= 0.3 is 11.6 Å². The smallest absolute Gasteiger partial charge is 0.359 e. The summed E-state index contributed by atoms with van der Waals surface area (Å²) in [4.78, 5) is 42.1. The Bertz CT molecular complexity index is 1240. The molecule has 1 amide bonds. The van der Waals surface area contributed by atoms with E-state index in [1.165, 1.54) is 19.4 Å². The van der Waals surface area contributed by atoms with Crippen LogP contribution >= 0.6 is 23.2 Å². The molecule has 0 atom stereocenters. The summed E-state index contributed by atoms with van der Waals surface area (Å²) in [5.74, 6) is -1.26. The number of oxime groups is 1. The van der Waals surface area contributed by atoms with Crippen LogP contribution < -0.4 is 10.9 Å². The second-order valence-electron chi connectivity index (χ2n) is 6.61. The zero-order valence-corrected chi connectivity index (χ0v) is 18.9. The zero-order chi connectivity index (χ0) is 23.8. The number of carbonyl (C=O) groups is 2. The number of hydrogen-bond acceptors (Lipinski definition) is 7. The van der Waals surface area contributed by atoms with Gasteiger partial charge in [0.2, 0.25) is 0 Å². The monoisotopic (exact) mass is 488 g/mol. The summed E-state index contributed by atoms with van der Waals surface area (Å²) in [5, 5.41) is 7.06. The molecule has 1 aromatic heterocycles. The van der Waals surface area contributed by atoms with Crippen LogP contribution in [-0.2, 0) is 22.6 Å². The summed E-state index contributed by atoms with van der Waals surface area (Å²) in [6.07, 6.45) is 1.29. The second kappa shape index (κ2) is 11.3. The third-order valence-corrected chi connectivity index (χ3v) is 5.09. The predicted molar refractivity (Wildman–Crippen MR) is 124 cm³/mol. The molecule has 0 bridgehead atoms. The molecular formula is C23H18Cl2N2O6. The highest BCUT2D eigenvalue weighted by Crippen LogP contribution is 2.23. The normalized spacial score (nSPS) is 10.8. The van der Waals surface area contributed by atoms with E-state index in [1.54, 1.807) is 48.5 Å². The van der Waals surface area contributed by atoms with Crippen LogP contribution in [0.1, 0.15) is 32.0 Å². The quantitative estimate of drug-likeness (QED) is 0.279. The van der Waals surface area contributed by atoms with Crippen molar-refractivity contribution in [2.24, 2.45) is 5.16 Å². The molecule has 33 heavy (non-hydrogen) atoms. The van der Waals surface area contributed by atoms with Crippen molar-refractivity contribution in [1.82, 2.24) is 0 Å². The van der Waals surface area contributed by atoms with Crippen molar-refractivity contribution in [2.75, 3.05) is 12.4 Å². The summed E-state index contributed by atoms with van der Waals surface area (Å²) in [5.41, 5.74) is 0.0398. The number of ether oxygens (including phenoxy) is 1. The fraction of sp³-hybridized carbons (Fsp3) is 0.130. The van der Waals surface area contributed by atoms with E-state index in [1.807, 2.05) is 0 Å². The lowest BCUT2D eigenvalue weighted by molar-refractivity contribution is 0.0595. The van der Waals surface area contributed by atoms with Crippen molar-refractivity contribution < 1.29 is 23.6 Å². The minimum atomic E-state index is -0.827. The third kappa shape index (κ3) is 6.44. The standard InChI is InChI=1S/C23H18Cl2N2O6/c1-31-22(29)16-12-19(27-21(28)15-5-3-2-4-6-15)23(30)33-20(16)9-10-26-32-13-14-7-8-17(24)18(25)11-14/h2-8,10-12H,9,13H2,1H3,(H,27,28)/b26-10+. The Labute approximate surface area is 198 Å². The highest BCUT2D eigenvalue weighted by Gasteiger charge is 2.19. The van der Waals surface area contributed by atoms with E-state index in [2.05, 4.69) is 10.5 Å². The Morgan fingerprint density at radius 2 is 1.85 bits per heavy atom. The van der Waals surface area contributed by atoms with Crippen LogP contribution in [0, 0.1) is 0 Å². The Kier molecular flexibility index (Phi) is 8.23. The molecule has 2 aromatic carbocycles. The lowest BCUT2D eigenvalue weighted by Crippen LogP contribution is -2.20. The fourth-order valence-corrected chi connectivity index (χ4v) is 3.05. The van der Waals surface area contributed by atoms with Crippen molar-refractivity contribution in [3.05, 3.63) is 97.5 Å². The number of benzene rings is 2. The number of methoxy groups -OCH3 is 1. The van der Waals surface area contributed by atoms with E-state index in [9.17, 15) is 14.4 Å². The number of anilines is 1. The number of halogens is 2. The maximum absolute atomic E-state index is 12.4. The second-order valence-corrected chi connectivity index (χ2v) is 7.42. The van der Waals surface area contributed by atoms with Crippen molar-refractivity contribution in [1.29, 1.82) is 0 Å². The van der Waals surface area contributed by atoms with Gasteiger partial charge in [0.15, 0.2) is 0 Å². The topological polar surface area (TPSA) is 107 Å². The molecule has 0 unspecified atom stereocenters. The van der Waals surface area contributed by atoms with E-state index in [0.717, 1.165) is 5.56 Å². The minimum Gasteiger partial charge on any atom is -0.465 e. The first-order chi connectivity index (χ1) is 15.9. The lowest BCUT2D eigenvalue weighted by Gasteiger charge is -2.08. The molecule has 1 heterocycles. The maximum atomic E-state index is 12.4. The highest BCUT2D eigenvalue weighted by molar-refractivity contribution is 6.42. The van der Waals surface area contributed by atoms with Gasteiger partial charge in [-0.2, -0.15) is 0 Å². The van der Waals surface area contributed by atoms with Crippen LogP contribution in [0.5, 0.6) is 0 Å². The van der Waals surface area contributed by atoms with Crippen molar-refractivity contribution in [3.8, 4) is 0 Å². The number of nitrogens with one attached hydrogen (secondary N) is 1. The molecule has 0 fully saturated rings. The SMILES string of the molecule is COC(=O)c1cc(NC(=O)c2ccccc2)c(=O)oc1C/C=N/OCc1ccc(Cl)c(Cl)c1. The molecule has 3 aromatic rings. The average Bonchev–Trinajstić information content (AvgIpc) is 2.82. The van der Waals surface area contributed by atoms with Crippen molar-refractivity contribution in [3.63, 3.8) is 0 Å². The van der Waals surface area contributed by atoms with Crippen LogP contribution in [0.4, 0.5) is 5.69 Å². The molecule has 8 nitrogen and oxygen atoms in total. The molecule has 0 aliphatic carbocycles. The van der Waals surface area contributed by atoms with Gasteiger partial charge in [0.1, 0.15) is 23.6 Å². The summed E-state index contributed by atoms with van der Waals surface area (Å²) < 4.78 is 10.00. The third-order valence-electron chi connectivity index (χ3n) is 4.36. The Hall–Kier alpha value is -3.62. The van der Waals surface area contributed by atoms with E-state index < -0.39 is 17.5 Å². The molecular weight excluding hydrogens is 471 g/mol. The molecule has 3 rings (SSSR count). The van der Waals surface area contributed by atoms with Gasteiger partial charge in [0.05, 0.1) is 23.4 Å². The van der Waals surface area contributed by atoms with Crippen LogP contribution in [0.15, 0.2) is 69.0 Å². The highest BCUT2D eigenvalue weighted by atomic mass is 35.5. The first kappa shape index (κ1) is 24.0. The van der Waals surface area contributed by atoms with E-state index >= 15 is 0 Å². The number of hydrogen-bond donors (Lipinski definition) is 1. The Balaban J connectivity index is 1.71. The molecule has 0 saturated heterocycles. The maximum Gasteiger partial charge on any atom is 0.359 e. The largest absolute Gasteiger partial charge is 0.465 e. The van der Waals surface area contributed by atoms with Crippen LogP contribution in [-0.4, -0.2) is 25.2 Å². The van der Waals surface area contributed by atoms with Crippen LogP contribution in [0.3, 0.4) is 0 Å². The van der Waals surface area contributed by atoms with E-state index in [-0.39, 0.29) is 30.0 Å². The first-order valence-corrected chi connectivity index (χ1v) is 10.3. The van der Waals surface area contributed by atoms with Crippen molar-refractivity contribution in [2.45, 2.75) is 13.0 Å². The van der Waals surface area contributed by atoms with Gasteiger partial charge in [0, 0.05) is 12.0 Å². The lowest BCUT2D eigenvalue weighted by atomic mass is 10.1. The summed E-state index contributed by atoms with van der Waals surface area (Å²) in [7, 11) is 1.19. The Morgan fingerprint density at radius 3 is 2.55 bits per heavy atom. The number of nitrogens with zero attached hydrogens (tertiary/aromatic N) is 1. The van der Waals surface area contributed by atoms with Gasteiger partial charge in [-0.15, -0.1) is 0 Å². The molecule has 0 aliphatic heterocycles. The van der Waals surface area contributed by atoms with Gasteiger partial charge in [-0.25, -0.2) is 9.59 Å². The molecule has 0 radical (unpaired) electrons. The molecule has 0 aliphatic rings. The summed E-state index contributed by atoms with van der Waals surface area (Å²) >= 11 is 11.8. The molecule has 1 N–H and O–H groups in total. The first-order valence-electron chi connectivity index (χ1n) is 9.58. The van der Waals surface area contributed by atoms with Gasteiger partial charge in [-0.05, 0) is 35.9 Å². The van der Waals surface area contributed by atoms with Crippen molar-refractivity contribution >= 4 is 47.0 Å². The number of esters is 1. The number of rotatable bonds is 8. The van der Waals surface area contributed by atoms with Gasteiger partial charge in [-0.3, -0.25) is 4.79 Å². The van der Waals surface area contributed by atoms with Crippen LogP contribution in [0.2, 0.25) is 10.0 Å². The van der Waals surface area contributed by atoms with E-state index in [4.69, 9.17) is 37.2 Å².